The topological polar surface area (TPSA) is 64.3 Å². The van der Waals surface area contributed by atoms with Gasteiger partial charge in [0.25, 0.3) is 5.91 Å². The van der Waals surface area contributed by atoms with Gasteiger partial charge in [-0.3, -0.25) is 4.79 Å². The fourth-order valence-electron chi connectivity index (χ4n) is 1.52. The fraction of sp³-hybridized carbons (Fsp3) is 0.462. The van der Waals surface area contributed by atoms with E-state index in [-0.39, 0.29) is 5.91 Å². The van der Waals surface area contributed by atoms with Crippen molar-refractivity contribution in [2.75, 3.05) is 19.4 Å². The number of benzene rings is 1. The van der Waals surface area contributed by atoms with Crippen LogP contribution in [0.25, 0.3) is 0 Å². The molecule has 0 atom stereocenters. The zero-order chi connectivity index (χ0) is 12.8. The van der Waals surface area contributed by atoms with Gasteiger partial charge >= 0.3 is 0 Å². The minimum atomic E-state index is -0.180. The first-order valence-corrected chi connectivity index (χ1v) is 5.77. The molecule has 4 heteroatoms. The zero-order valence-electron chi connectivity index (χ0n) is 10.6. The van der Waals surface area contributed by atoms with Crippen LogP contribution >= 0.6 is 0 Å². The van der Waals surface area contributed by atoms with Gasteiger partial charge in [0.15, 0.2) is 0 Å². The third kappa shape index (κ3) is 3.66. The van der Waals surface area contributed by atoms with Crippen LogP contribution < -0.4 is 15.8 Å². The van der Waals surface area contributed by atoms with Crippen LogP contribution in [0.1, 0.15) is 30.6 Å². The van der Waals surface area contributed by atoms with Crippen molar-refractivity contribution in [2.45, 2.75) is 20.3 Å². The van der Waals surface area contributed by atoms with Gasteiger partial charge in [-0.1, -0.05) is 19.9 Å². The molecule has 0 aliphatic carbocycles. The number of rotatable bonds is 5. The SMILES string of the molecule is COc1cccc(N)c1C(=O)NCCC(C)C. The molecule has 94 valence electrons. The fourth-order valence-corrected chi connectivity index (χ4v) is 1.52. The van der Waals surface area contributed by atoms with Crippen molar-refractivity contribution in [2.24, 2.45) is 5.92 Å². The second-order valence-electron chi connectivity index (χ2n) is 4.36. The van der Waals surface area contributed by atoms with Crippen molar-refractivity contribution in [3.05, 3.63) is 23.8 Å². The van der Waals surface area contributed by atoms with Gasteiger partial charge < -0.3 is 15.8 Å². The van der Waals surface area contributed by atoms with E-state index in [1.54, 1.807) is 18.2 Å². The van der Waals surface area contributed by atoms with Gasteiger partial charge in [0, 0.05) is 12.2 Å². The smallest absolute Gasteiger partial charge is 0.257 e. The molecular formula is C13H20N2O2. The van der Waals surface area contributed by atoms with E-state index in [1.165, 1.54) is 7.11 Å². The first-order valence-electron chi connectivity index (χ1n) is 5.77. The normalized spacial score (nSPS) is 10.4. The number of ether oxygens (including phenoxy) is 1. The van der Waals surface area contributed by atoms with E-state index in [2.05, 4.69) is 19.2 Å². The molecule has 0 unspecified atom stereocenters. The third-order valence-corrected chi connectivity index (χ3v) is 2.51. The molecule has 0 aliphatic heterocycles. The molecule has 4 nitrogen and oxygen atoms in total. The lowest BCUT2D eigenvalue weighted by Gasteiger charge is -2.12. The van der Waals surface area contributed by atoms with E-state index in [9.17, 15) is 4.79 Å². The lowest BCUT2D eigenvalue weighted by atomic mass is 10.1. The number of amides is 1. The molecule has 3 N–H and O–H groups in total. The quantitative estimate of drug-likeness (QED) is 0.769. The predicted molar refractivity (Wildman–Crippen MR) is 69.2 cm³/mol. The number of nitrogens with two attached hydrogens (primary N) is 1. The third-order valence-electron chi connectivity index (χ3n) is 2.51. The van der Waals surface area contributed by atoms with Crippen LogP contribution in [-0.2, 0) is 0 Å². The van der Waals surface area contributed by atoms with Crippen molar-refractivity contribution >= 4 is 11.6 Å². The highest BCUT2D eigenvalue weighted by Gasteiger charge is 2.14. The molecule has 0 heterocycles. The highest BCUT2D eigenvalue weighted by atomic mass is 16.5. The average Bonchev–Trinajstić information content (AvgIpc) is 2.27. The maximum absolute atomic E-state index is 12.0. The van der Waals surface area contributed by atoms with E-state index in [1.807, 2.05) is 0 Å². The molecule has 0 fully saturated rings. The number of carbonyl (C=O) groups excluding carboxylic acids is 1. The Hall–Kier alpha value is -1.71. The second-order valence-corrected chi connectivity index (χ2v) is 4.36. The summed E-state index contributed by atoms with van der Waals surface area (Å²) in [5.41, 5.74) is 6.64. The summed E-state index contributed by atoms with van der Waals surface area (Å²) in [6, 6.07) is 5.19. The monoisotopic (exact) mass is 236 g/mol. The van der Waals surface area contributed by atoms with Crippen molar-refractivity contribution < 1.29 is 9.53 Å². The van der Waals surface area contributed by atoms with E-state index >= 15 is 0 Å². The van der Waals surface area contributed by atoms with Gasteiger partial charge in [-0.15, -0.1) is 0 Å². The Morgan fingerprint density at radius 2 is 2.18 bits per heavy atom. The minimum absolute atomic E-state index is 0.180. The molecule has 0 radical (unpaired) electrons. The molecule has 1 amide bonds. The highest BCUT2D eigenvalue weighted by molar-refractivity contribution is 6.01. The van der Waals surface area contributed by atoms with Crippen LogP contribution in [0.5, 0.6) is 5.75 Å². The maximum Gasteiger partial charge on any atom is 0.257 e. The van der Waals surface area contributed by atoms with Gasteiger partial charge in [0.1, 0.15) is 11.3 Å². The van der Waals surface area contributed by atoms with Crippen LogP contribution in [0.3, 0.4) is 0 Å². The second kappa shape index (κ2) is 6.13. The molecule has 0 aliphatic rings. The Kier molecular flexibility index (Phi) is 4.82. The number of nitrogens with one attached hydrogen (secondary N) is 1. The molecular weight excluding hydrogens is 216 g/mol. The van der Waals surface area contributed by atoms with Crippen molar-refractivity contribution in [3.8, 4) is 5.75 Å². The van der Waals surface area contributed by atoms with Crippen molar-refractivity contribution in [1.29, 1.82) is 0 Å². The van der Waals surface area contributed by atoms with E-state index in [4.69, 9.17) is 10.5 Å². The standard InChI is InChI=1S/C13H20N2O2/c1-9(2)7-8-15-13(16)12-10(14)5-4-6-11(12)17-3/h4-6,9H,7-8,14H2,1-3H3,(H,15,16). The van der Waals surface area contributed by atoms with Crippen molar-refractivity contribution in [1.82, 2.24) is 5.32 Å². The number of hydrogen-bond acceptors (Lipinski definition) is 3. The van der Waals surface area contributed by atoms with Gasteiger partial charge in [0.2, 0.25) is 0 Å². The number of methoxy groups -OCH3 is 1. The van der Waals surface area contributed by atoms with E-state index < -0.39 is 0 Å². The summed E-state index contributed by atoms with van der Waals surface area (Å²) in [5, 5.41) is 2.85. The lowest BCUT2D eigenvalue weighted by Crippen LogP contribution is -2.26. The largest absolute Gasteiger partial charge is 0.496 e. The van der Waals surface area contributed by atoms with Gasteiger partial charge in [-0.2, -0.15) is 0 Å². The Labute approximate surface area is 102 Å². The van der Waals surface area contributed by atoms with Crippen LogP contribution in [-0.4, -0.2) is 19.6 Å². The van der Waals surface area contributed by atoms with Gasteiger partial charge in [0.05, 0.1) is 7.11 Å². The van der Waals surface area contributed by atoms with Crippen LogP contribution in [0.2, 0.25) is 0 Å². The Morgan fingerprint density at radius 1 is 1.47 bits per heavy atom. The molecule has 0 bridgehead atoms. The summed E-state index contributed by atoms with van der Waals surface area (Å²) in [4.78, 5) is 12.0. The minimum Gasteiger partial charge on any atom is -0.496 e. The summed E-state index contributed by atoms with van der Waals surface area (Å²) in [6.07, 6.45) is 0.945. The summed E-state index contributed by atoms with van der Waals surface area (Å²) < 4.78 is 5.13. The predicted octanol–water partition coefficient (Wildman–Crippen LogP) is 2.05. The van der Waals surface area contributed by atoms with Crippen LogP contribution in [0.4, 0.5) is 5.69 Å². The molecule has 17 heavy (non-hydrogen) atoms. The molecule has 0 saturated carbocycles. The maximum atomic E-state index is 12.0. The Balaban J connectivity index is 2.74. The Morgan fingerprint density at radius 3 is 2.76 bits per heavy atom. The molecule has 1 aromatic carbocycles. The Bertz CT molecular complexity index is 389. The lowest BCUT2D eigenvalue weighted by molar-refractivity contribution is 0.0950. The summed E-state index contributed by atoms with van der Waals surface area (Å²) in [5.74, 6) is 0.887. The zero-order valence-corrected chi connectivity index (χ0v) is 10.6. The molecule has 1 aromatic rings. The number of nitrogen functional groups attached to an aromatic ring is 1. The molecule has 0 aromatic heterocycles. The van der Waals surface area contributed by atoms with Crippen LogP contribution in [0.15, 0.2) is 18.2 Å². The molecule has 0 spiro atoms. The van der Waals surface area contributed by atoms with Gasteiger partial charge in [-0.25, -0.2) is 0 Å². The van der Waals surface area contributed by atoms with E-state index in [0.29, 0.717) is 29.5 Å². The van der Waals surface area contributed by atoms with Crippen LogP contribution in [0, 0.1) is 5.92 Å². The molecule has 0 saturated heterocycles. The summed E-state index contributed by atoms with van der Waals surface area (Å²) in [7, 11) is 1.53. The highest BCUT2D eigenvalue weighted by Crippen LogP contribution is 2.23. The first-order chi connectivity index (χ1) is 8.06. The summed E-state index contributed by atoms with van der Waals surface area (Å²) >= 11 is 0. The van der Waals surface area contributed by atoms with Crippen molar-refractivity contribution in [3.63, 3.8) is 0 Å². The number of hydrogen-bond donors (Lipinski definition) is 2. The number of anilines is 1. The molecule has 1 rings (SSSR count). The first kappa shape index (κ1) is 13.4. The van der Waals surface area contributed by atoms with E-state index in [0.717, 1.165) is 6.42 Å². The summed E-state index contributed by atoms with van der Waals surface area (Å²) in [6.45, 7) is 4.88. The average molecular weight is 236 g/mol. The van der Waals surface area contributed by atoms with Gasteiger partial charge in [-0.05, 0) is 24.5 Å². The number of carbonyl (C=O) groups is 1.